The fraction of sp³-hybridized carbons (Fsp3) is 0.385. The maximum absolute atomic E-state index is 5.29. The first-order valence-corrected chi connectivity index (χ1v) is 7.23. The smallest absolute Gasteiger partial charge is 0.158 e. The van der Waals surface area contributed by atoms with E-state index in [4.69, 9.17) is 5.84 Å². The molecular weight excluding hydrogens is 258 g/mol. The van der Waals surface area contributed by atoms with Crippen LogP contribution in [-0.4, -0.2) is 21.4 Å². The average molecular weight is 275 g/mol. The van der Waals surface area contributed by atoms with Crippen LogP contribution in [0.5, 0.6) is 0 Å². The largest absolute Gasteiger partial charge is 0.307 e. The minimum absolute atomic E-state index is 0.448. The quantitative estimate of drug-likeness (QED) is 0.662. The Kier molecular flexibility index (Phi) is 3.46. The molecule has 0 aliphatic carbocycles. The van der Waals surface area contributed by atoms with Crippen molar-refractivity contribution in [3.63, 3.8) is 0 Å². The molecule has 19 heavy (non-hydrogen) atoms. The number of hydrogen-bond acceptors (Lipinski definition) is 6. The molecule has 5 nitrogen and oxygen atoms in total. The second-order valence-corrected chi connectivity index (χ2v) is 5.73. The Bertz CT molecular complexity index is 550. The molecule has 1 atom stereocenters. The van der Waals surface area contributed by atoms with Crippen molar-refractivity contribution < 1.29 is 0 Å². The van der Waals surface area contributed by atoms with Crippen LogP contribution >= 0.6 is 11.3 Å². The van der Waals surface area contributed by atoms with Gasteiger partial charge in [0.05, 0.1) is 18.1 Å². The summed E-state index contributed by atoms with van der Waals surface area (Å²) in [7, 11) is 0. The molecule has 2 aromatic heterocycles. The topological polar surface area (TPSA) is 67.1 Å². The SMILES string of the molecule is CC1c2ccsc2CCN1Cc1cnc(NN)cn1. The van der Waals surface area contributed by atoms with Gasteiger partial charge in [-0.15, -0.1) is 11.3 Å². The molecule has 0 fully saturated rings. The molecule has 1 aliphatic rings. The van der Waals surface area contributed by atoms with Crippen molar-refractivity contribution >= 4 is 17.2 Å². The Morgan fingerprint density at radius 2 is 2.37 bits per heavy atom. The Hall–Kier alpha value is -1.50. The molecule has 0 radical (unpaired) electrons. The van der Waals surface area contributed by atoms with Gasteiger partial charge in [-0.2, -0.15) is 0 Å². The molecular formula is C13H17N5S. The summed E-state index contributed by atoms with van der Waals surface area (Å²) in [6.45, 7) is 4.16. The van der Waals surface area contributed by atoms with Gasteiger partial charge in [-0.1, -0.05) is 0 Å². The van der Waals surface area contributed by atoms with Crippen LogP contribution < -0.4 is 11.3 Å². The molecule has 3 heterocycles. The number of rotatable bonds is 3. The number of nitrogens with zero attached hydrogens (tertiary/aromatic N) is 3. The van der Waals surface area contributed by atoms with E-state index < -0.39 is 0 Å². The lowest BCUT2D eigenvalue weighted by Crippen LogP contribution is -2.33. The lowest BCUT2D eigenvalue weighted by molar-refractivity contribution is 0.189. The third kappa shape index (κ3) is 2.47. The van der Waals surface area contributed by atoms with Gasteiger partial charge in [-0.05, 0) is 30.4 Å². The summed E-state index contributed by atoms with van der Waals surface area (Å²) in [5.41, 5.74) is 4.93. The molecule has 0 spiro atoms. The fourth-order valence-corrected chi connectivity index (χ4v) is 3.46. The molecule has 3 rings (SSSR count). The molecule has 0 aromatic carbocycles. The number of hydrogen-bond donors (Lipinski definition) is 2. The van der Waals surface area contributed by atoms with Crippen LogP contribution in [0.4, 0.5) is 5.82 Å². The number of nitrogens with one attached hydrogen (secondary N) is 1. The zero-order chi connectivity index (χ0) is 13.2. The number of aromatic nitrogens is 2. The van der Waals surface area contributed by atoms with Crippen molar-refractivity contribution in [1.82, 2.24) is 14.9 Å². The standard InChI is InChI=1S/C13H17N5S/c1-9-11-3-5-19-12(11)2-4-18(9)8-10-6-16-13(17-14)7-15-10/h3,5-7,9H,2,4,8,14H2,1H3,(H,16,17). The van der Waals surface area contributed by atoms with Crippen molar-refractivity contribution in [2.45, 2.75) is 25.9 Å². The Morgan fingerprint density at radius 1 is 1.47 bits per heavy atom. The van der Waals surface area contributed by atoms with Gasteiger partial charge in [-0.25, -0.2) is 10.8 Å². The highest BCUT2D eigenvalue weighted by atomic mass is 32.1. The fourth-order valence-electron chi connectivity index (χ4n) is 2.50. The third-order valence-electron chi connectivity index (χ3n) is 3.62. The highest BCUT2D eigenvalue weighted by Gasteiger charge is 2.24. The lowest BCUT2D eigenvalue weighted by Gasteiger charge is -2.33. The van der Waals surface area contributed by atoms with Crippen LogP contribution in [0.2, 0.25) is 0 Å². The molecule has 0 saturated carbocycles. The van der Waals surface area contributed by atoms with Crippen molar-refractivity contribution in [3.05, 3.63) is 40.0 Å². The van der Waals surface area contributed by atoms with Crippen LogP contribution in [0, 0.1) is 0 Å². The Balaban J connectivity index is 1.73. The van der Waals surface area contributed by atoms with Gasteiger partial charge < -0.3 is 5.43 Å². The van der Waals surface area contributed by atoms with Crippen LogP contribution in [0.25, 0.3) is 0 Å². The molecule has 2 aromatic rings. The molecule has 3 N–H and O–H groups in total. The second-order valence-electron chi connectivity index (χ2n) is 4.73. The average Bonchev–Trinajstić information content (AvgIpc) is 2.92. The van der Waals surface area contributed by atoms with E-state index in [-0.39, 0.29) is 0 Å². The van der Waals surface area contributed by atoms with Crippen LogP contribution in [-0.2, 0) is 13.0 Å². The predicted molar refractivity (Wildman–Crippen MR) is 76.7 cm³/mol. The Morgan fingerprint density at radius 3 is 3.11 bits per heavy atom. The summed E-state index contributed by atoms with van der Waals surface area (Å²) in [6.07, 6.45) is 4.58. The molecule has 0 saturated heterocycles. The van der Waals surface area contributed by atoms with Crippen molar-refractivity contribution in [2.75, 3.05) is 12.0 Å². The van der Waals surface area contributed by atoms with Gasteiger partial charge in [0.25, 0.3) is 0 Å². The van der Waals surface area contributed by atoms with Crippen molar-refractivity contribution in [2.24, 2.45) is 5.84 Å². The van der Waals surface area contributed by atoms with Gasteiger partial charge in [-0.3, -0.25) is 9.88 Å². The predicted octanol–water partition coefficient (Wildman–Crippen LogP) is 1.94. The Labute approximate surface area is 116 Å². The monoisotopic (exact) mass is 275 g/mol. The third-order valence-corrected chi connectivity index (χ3v) is 4.62. The first-order valence-electron chi connectivity index (χ1n) is 6.36. The van der Waals surface area contributed by atoms with E-state index in [1.807, 2.05) is 11.3 Å². The van der Waals surface area contributed by atoms with Crippen LogP contribution in [0.3, 0.4) is 0 Å². The first kappa shape index (κ1) is 12.5. The summed E-state index contributed by atoms with van der Waals surface area (Å²) < 4.78 is 0. The zero-order valence-electron chi connectivity index (χ0n) is 10.8. The second kappa shape index (κ2) is 5.24. The number of thiophene rings is 1. The highest BCUT2D eigenvalue weighted by molar-refractivity contribution is 7.10. The van der Waals surface area contributed by atoms with E-state index in [1.54, 1.807) is 12.4 Å². The van der Waals surface area contributed by atoms with E-state index in [0.29, 0.717) is 11.9 Å². The first-order chi connectivity index (χ1) is 9.28. The van der Waals surface area contributed by atoms with Crippen LogP contribution in [0.15, 0.2) is 23.8 Å². The maximum Gasteiger partial charge on any atom is 0.158 e. The van der Waals surface area contributed by atoms with Gasteiger partial charge in [0.1, 0.15) is 0 Å². The molecule has 0 bridgehead atoms. The van der Waals surface area contributed by atoms with Gasteiger partial charge >= 0.3 is 0 Å². The minimum Gasteiger partial charge on any atom is -0.307 e. The van der Waals surface area contributed by atoms with Gasteiger partial charge in [0, 0.05) is 24.0 Å². The molecule has 0 amide bonds. The minimum atomic E-state index is 0.448. The summed E-state index contributed by atoms with van der Waals surface area (Å²) >= 11 is 1.87. The number of nitrogens with two attached hydrogens (primary N) is 1. The van der Waals surface area contributed by atoms with E-state index in [2.05, 4.69) is 38.7 Å². The number of fused-ring (bicyclic) bond motifs is 1. The maximum atomic E-state index is 5.29. The number of hydrazine groups is 1. The summed E-state index contributed by atoms with van der Waals surface area (Å²) in [5.74, 6) is 5.88. The summed E-state index contributed by atoms with van der Waals surface area (Å²) in [5, 5.41) is 2.19. The number of nitrogen functional groups attached to an aromatic ring is 1. The molecule has 1 unspecified atom stereocenters. The zero-order valence-corrected chi connectivity index (χ0v) is 11.7. The number of anilines is 1. The van der Waals surface area contributed by atoms with Crippen molar-refractivity contribution in [3.8, 4) is 0 Å². The molecule has 100 valence electrons. The van der Waals surface area contributed by atoms with E-state index >= 15 is 0 Å². The van der Waals surface area contributed by atoms with E-state index in [1.165, 1.54) is 10.4 Å². The summed E-state index contributed by atoms with van der Waals surface area (Å²) in [4.78, 5) is 12.5. The highest BCUT2D eigenvalue weighted by Crippen LogP contribution is 2.33. The molecule has 1 aliphatic heterocycles. The molecule has 6 heteroatoms. The summed E-state index contributed by atoms with van der Waals surface area (Å²) in [6, 6.07) is 2.69. The lowest BCUT2D eigenvalue weighted by atomic mass is 10.0. The van der Waals surface area contributed by atoms with Gasteiger partial charge in [0.15, 0.2) is 5.82 Å². The van der Waals surface area contributed by atoms with Crippen LogP contribution in [0.1, 0.15) is 29.1 Å². The van der Waals surface area contributed by atoms with Crippen molar-refractivity contribution in [1.29, 1.82) is 0 Å². The van der Waals surface area contributed by atoms with E-state index in [0.717, 1.165) is 25.2 Å². The van der Waals surface area contributed by atoms with E-state index in [9.17, 15) is 0 Å². The van der Waals surface area contributed by atoms with Gasteiger partial charge in [0.2, 0.25) is 0 Å². The normalized spacial score (nSPS) is 19.2.